The van der Waals surface area contributed by atoms with Crippen LogP contribution in [0.15, 0.2) is 52.6 Å². The molecule has 27 heavy (non-hydrogen) atoms. The van der Waals surface area contributed by atoms with Crippen LogP contribution in [-0.2, 0) is 12.0 Å². The van der Waals surface area contributed by atoms with Crippen LogP contribution in [0.4, 0.5) is 0 Å². The minimum atomic E-state index is -0.256. The number of hydrogen-bond donors (Lipinski definition) is 0. The van der Waals surface area contributed by atoms with Crippen molar-refractivity contribution in [1.82, 2.24) is 19.7 Å². The summed E-state index contributed by atoms with van der Waals surface area (Å²) in [7, 11) is 0. The standard InChI is InChI=1S/C20H18N4O2S/c25-17(15-7-4-12-27-15)23-10-8-20(13-23)9-11-24-18(26)16(21-22-19(20)24)14-5-2-1-3-6-14/h1-7,12H,8-11,13H2/t20-/m0/s1. The van der Waals surface area contributed by atoms with Crippen LogP contribution in [-0.4, -0.2) is 38.7 Å². The van der Waals surface area contributed by atoms with Gasteiger partial charge in [0.1, 0.15) is 5.82 Å². The zero-order valence-corrected chi connectivity index (χ0v) is 15.5. The number of amides is 1. The molecule has 3 aromatic rings. The van der Waals surface area contributed by atoms with Crippen LogP contribution in [0.5, 0.6) is 0 Å². The summed E-state index contributed by atoms with van der Waals surface area (Å²) >= 11 is 1.46. The third kappa shape index (κ3) is 2.53. The van der Waals surface area contributed by atoms with E-state index in [0.717, 1.165) is 29.1 Å². The number of carbonyl (C=O) groups excluding carboxylic acids is 1. The van der Waals surface area contributed by atoms with E-state index < -0.39 is 0 Å². The molecule has 0 bridgehead atoms. The Morgan fingerprint density at radius 3 is 2.63 bits per heavy atom. The van der Waals surface area contributed by atoms with Gasteiger partial charge < -0.3 is 4.90 Å². The summed E-state index contributed by atoms with van der Waals surface area (Å²) in [6.45, 7) is 1.92. The number of nitrogens with zero attached hydrogens (tertiary/aromatic N) is 4. The minimum Gasteiger partial charge on any atom is -0.337 e. The summed E-state index contributed by atoms with van der Waals surface area (Å²) in [5.41, 5.74) is 0.827. The topological polar surface area (TPSA) is 68.1 Å². The maximum atomic E-state index is 13.0. The highest BCUT2D eigenvalue weighted by Crippen LogP contribution is 2.41. The van der Waals surface area contributed by atoms with E-state index in [9.17, 15) is 9.59 Å². The predicted molar refractivity (Wildman–Crippen MR) is 103 cm³/mol. The zero-order chi connectivity index (χ0) is 18.4. The van der Waals surface area contributed by atoms with Gasteiger partial charge in [-0.2, -0.15) is 0 Å². The molecule has 5 rings (SSSR count). The average Bonchev–Trinajstić information content (AvgIpc) is 3.44. The number of fused-ring (bicyclic) bond motifs is 2. The molecule has 7 heteroatoms. The van der Waals surface area contributed by atoms with E-state index >= 15 is 0 Å². The number of hydrogen-bond acceptors (Lipinski definition) is 5. The minimum absolute atomic E-state index is 0.0662. The number of carbonyl (C=O) groups is 1. The molecule has 1 saturated heterocycles. The van der Waals surface area contributed by atoms with Gasteiger partial charge in [0.2, 0.25) is 0 Å². The molecule has 2 aromatic heterocycles. The van der Waals surface area contributed by atoms with E-state index in [0.29, 0.717) is 25.3 Å². The van der Waals surface area contributed by atoms with Gasteiger partial charge in [-0.1, -0.05) is 36.4 Å². The smallest absolute Gasteiger partial charge is 0.280 e. The van der Waals surface area contributed by atoms with Gasteiger partial charge in [-0.15, -0.1) is 21.5 Å². The van der Waals surface area contributed by atoms with Gasteiger partial charge in [0.05, 0.1) is 10.3 Å². The second-order valence-corrected chi connectivity index (χ2v) is 8.13. The summed E-state index contributed by atoms with van der Waals surface area (Å²) < 4.78 is 1.76. The Labute approximate surface area is 160 Å². The molecule has 136 valence electrons. The fraction of sp³-hybridized carbons (Fsp3) is 0.300. The molecule has 1 aromatic carbocycles. The summed E-state index contributed by atoms with van der Waals surface area (Å²) in [5.74, 6) is 0.796. The van der Waals surface area contributed by atoms with Crippen LogP contribution < -0.4 is 5.56 Å². The molecule has 2 aliphatic rings. The van der Waals surface area contributed by atoms with Crippen molar-refractivity contribution in [1.29, 1.82) is 0 Å². The average molecular weight is 378 g/mol. The van der Waals surface area contributed by atoms with Gasteiger partial charge in [-0.25, -0.2) is 0 Å². The van der Waals surface area contributed by atoms with Crippen LogP contribution in [0.25, 0.3) is 11.3 Å². The molecule has 0 saturated carbocycles. The van der Waals surface area contributed by atoms with Crippen molar-refractivity contribution in [2.45, 2.75) is 24.8 Å². The summed E-state index contributed by atoms with van der Waals surface area (Å²) in [4.78, 5) is 28.3. The second kappa shape index (κ2) is 6.13. The van der Waals surface area contributed by atoms with Crippen molar-refractivity contribution < 1.29 is 4.79 Å². The van der Waals surface area contributed by atoms with E-state index in [1.165, 1.54) is 11.3 Å². The Bertz CT molecular complexity index is 1060. The summed E-state index contributed by atoms with van der Waals surface area (Å²) in [5, 5.41) is 10.7. The van der Waals surface area contributed by atoms with Gasteiger partial charge in [0, 0.05) is 25.2 Å². The molecule has 0 N–H and O–H groups in total. The Kier molecular flexibility index (Phi) is 3.72. The van der Waals surface area contributed by atoms with E-state index in [1.54, 1.807) is 4.57 Å². The molecule has 1 amide bonds. The molecule has 1 spiro atoms. The lowest BCUT2D eigenvalue weighted by atomic mass is 9.85. The number of likely N-dealkylation sites (tertiary alicyclic amines) is 1. The maximum absolute atomic E-state index is 13.0. The van der Waals surface area contributed by atoms with Crippen molar-refractivity contribution in [3.63, 3.8) is 0 Å². The van der Waals surface area contributed by atoms with Crippen molar-refractivity contribution >= 4 is 17.2 Å². The lowest BCUT2D eigenvalue weighted by Crippen LogP contribution is -2.35. The largest absolute Gasteiger partial charge is 0.337 e. The Balaban J connectivity index is 1.48. The lowest BCUT2D eigenvalue weighted by Gasteiger charge is -2.22. The fourth-order valence-electron chi connectivity index (χ4n) is 4.22. The number of rotatable bonds is 2. The van der Waals surface area contributed by atoms with E-state index in [1.807, 2.05) is 52.7 Å². The third-order valence-electron chi connectivity index (χ3n) is 5.66. The van der Waals surface area contributed by atoms with E-state index in [4.69, 9.17) is 0 Å². The maximum Gasteiger partial charge on any atom is 0.280 e. The third-order valence-corrected chi connectivity index (χ3v) is 6.51. The molecule has 1 atom stereocenters. The first-order chi connectivity index (χ1) is 13.2. The quantitative estimate of drug-likeness (QED) is 0.687. The molecule has 0 radical (unpaired) electrons. The molecule has 0 unspecified atom stereocenters. The van der Waals surface area contributed by atoms with Gasteiger partial charge >= 0.3 is 0 Å². The number of benzene rings is 1. The predicted octanol–water partition coefficient (Wildman–Crippen LogP) is 2.55. The first-order valence-electron chi connectivity index (χ1n) is 9.04. The van der Waals surface area contributed by atoms with E-state index in [2.05, 4.69) is 10.2 Å². The molecule has 1 fully saturated rings. The second-order valence-electron chi connectivity index (χ2n) is 7.18. The van der Waals surface area contributed by atoms with Gasteiger partial charge in [0.15, 0.2) is 5.69 Å². The van der Waals surface area contributed by atoms with Crippen molar-refractivity contribution in [3.8, 4) is 11.3 Å². The van der Waals surface area contributed by atoms with Crippen LogP contribution in [0, 0.1) is 0 Å². The van der Waals surface area contributed by atoms with Crippen LogP contribution in [0.1, 0.15) is 28.3 Å². The highest BCUT2D eigenvalue weighted by molar-refractivity contribution is 7.12. The molecule has 0 aliphatic carbocycles. The molecule has 6 nitrogen and oxygen atoms in total. The lowest BCUT2D eigenvalue weighted by molar-refractivity contribution is 0.0787. The monoisotopic (exact) mass is 378 g/mol. The fourth-order valence-corrected chi connectivity index (χ4v) is 4.91. The Hall–Kier alpha value is -2.80. The van der Waals surface area contributed by atoms with Gasteiger partial charge in [-0.05, 0) is 24.3 Å². The van der Waals surface area contributed by atoms with Crippen molar-refractivity contribution in [2.24, 2.45) is 0 Å². The first-order valence-corrected chi connectivity index (χ1v) is 9.92. The first kappa shape index (κ1) is 16.4. The Morgan fingerprint density at radius 1 is 1.04 bits per heavy atom. The van der Waals surface area contributed by atoms with E-state index in [-0.39, 0.29) is 16.9 Å². The van der Waals surface area contributed by atoms with Gasteiger partial charge in [-0.3, -0.25) is 14.2 Å². The number of thiophene rings is 1. The molecular weight excluding hydrogens is 360 g/mol. The van der Waals surface area contributed by atoms with Crippen molar-refractivity contribution in [3.05, 3.63) is 68.9 Å². The van der Waals surface area contributed by atoms with Crippen LogP contribution >= 0.6 is 11.3 Å². The summed E-state index contributed by atoms with van der Waals surface area (Å²) in [6.07, 6.45) is 1.65. The molecular formula is C20H18N4O2S. The highest BCUT2D eigenvalue weighted by Gasteiger charge is 2.48. The Morgan fingerprint density at radius 2 is 1.85 bits per heavy atom. The van der Waals surface area contributed by atoms with Crippen LogP contribution in [0.2, 0.25) is 0 Å². The summed E-state index contributed by atoms with van der Waals surface area (Å²) in [6, 6.07) is 13.2. The molecule has 2 aliphatic heterocycles. The zero-order valence-electron chi connectivity index (χ0n) is 14.7. The normalized spacial score (nSPS) is 21.0. The van der Waals surface area contributed by atoms with Gasteiger partial charge in [0.25, 0.3) is 11.5 Å². The van der Waals surface area contributed by atoms with Crippen LogP contribution in [0.3, 0.4) is 0 Å². The molecule has 4 heterocycles. The number of aromatic nitrogens is 3. The highest BCUT2D eigenvalue weighted by atomic mass is 32.1. The SMILES string of the molecule is O=C(c1cccs1)N1CC[C@]2(CCn3c2nnc(-c2ccccc2)c3=O)C1. The van der Waals surface area contributed by atoms with Crippen molar-refractivity contribution in [2.75, 3.05) is 13.1 Å².